The Kier molecular flexibility index (Phi) is 1.85. The number of hydrogen-bond donors (Lipinski definition) is 1. The smallest absolute Gasteiger partial charge is 0.335 e. The van der Waals surface area contributed by atoms with Gasteiger partial charge in [-0.3, -0.25) is 4.79 Å². The first-order chi connectivity index (χ1) is 6.70. The maximum atomic E-state index is 11.2. The first kappa shape index (κ1) is 8.55. The number of fused-ring (bicyclic) bond motifs is 1. The van der Waals surface area contributed by atoms with E-state index < -0.39 is 17.9 Å². The van der Waals surface area contributed by atoms with Gasteiger partial charge in [-0.05, 0) is 6.07 Å². The third-order valence-corrected chi connectivity index (χ3v) is 1.98. The number of carboxylic acid groups (broad SMARTS) is 1. The Morgan fingerprint density at radius 1 is 1.36 bits per heavy atom. The van der Waals surface area contributed by atoms with Crippen LogP contribution in [-0.4, -0.2) is 17.0 Å². The van der Waals surface area contributed by atoms with Crippen LogP contribution in [0.5, 0.6) is 0 Å². The summed E-state index contributed by atoms with van der Waals surface area (Å²) in [4.78, 5) is 22.0. The van der Waals surface area contributed by atoms with Crippen LogP contribution in [0.1, 0.15) is 22.0 Å². The van der Waals surface area contributed by atoms with Crippen LogP contribution in [0.15, 0.2) is 34.5 Å². The molecule has 0 radical (unpaired) electrons. The summed E-state index contributed by atoms with van der Waals surface area (Å²) in [5.41, 5.74) is 0.718. The average Bonchev–Trinajstić information content (AvgIpc) is 2.18. The zero-order valence-electron chi connectivity index (χ0n) is 7.04. The molecule has 1 heterocycles. The first-order valence-electron chi connectivity index (χ1n) is 3.97. The number of azo groups is 1. The molecule has 0 bridgehead atoms. The van der Waals surface area contributed by atoms with Crippen molar-refractivity contribution in [2.75, 3.05) is 0 Å². The van der Waals surface area contributed by atoms with Gasteiger partial charge in [-0.25, -0.2) is 4.79 Å². The summed E-state index contributed by atoms with van der Waals surface area (Å²) in [6.07, 6.45) is 0. The molecular formula is C9H6N2O3. The molecule has 5 nitrogen and oxygen atoms in total. The minimum Gasteiger partial charge on any atom is -0.479 e. The molecule has 5 heteroatoms. The summed E-state index contributed by atoms with van der Waals surface area (Å²) in [6.45, 7) is 0. The summed E-state index contributed by atoms with van der Waals surface area (Å²) in [5.74, 6) is -1.59. The average molecular weight is 190 g/mol. The maximum Gasteiger partial charge on any atom is 0.335 e. The first-order valence-corrected chi connectivity index (χ1v) is 3.97. The van der Waals surface area contributed by atoms with Gasteiger partial charge in [-0.1, -0.05) is 18.2 Å². The fourth-order valence-electron chi connectivity index (χ4n) is 1.34. The fraction of sp³-hybridized carbons (Fsp3) is 0.111. The van der Waals surface area contributed by atoms with Crippen molar-refractivity contribution in [3.8, 4) is 0 Å². The molecule has 0 saturated carbocycles. The van der Waals surface area contributed by atoms with Gasteiger partial charge in [-0.2, -0.15) is 5.11 Å². The van der Waals surface area contributed by atoms with E-state index in [2.05, 4.69) is 10.2 Å². The van der Waals surface area contributed by atoms with E-state index in [0.717, 1.165) is 0 Å². The summed E-state index contributed by atoms with van der Waals surface area (Å²) < 4.78 is 0. The van der Waals surface area contributed by atoms with E-state index in [0.29, 0.717) is 11.1 Å². The van der Waals surface area contributed by atoms with Crippen LogP contribution in [0, 0.1) is 0 Å². The van der Waals surface area contributed by atoms with Crippen molar-refractivity contribution in [1.82, 2.24) is 0 Å². The number of hydrogen-bond acceptors (Lipinski definition) is 3. The van der Waals surface area contributed by atoms with Crippen molar-refractivity contribution in [1.29, 1.82) is 0 Å². The van der Waals surface area contributed by atoms with Crippen LogP contribution < -0.4 is 0 Å². The lowest BCUT2D eigenvalue weighted by Gasteiger charge is -2.13. The molecule has 1 N–H and O–H groups in total. The molecule has 1 aromatic carbocycles. The third-order valence-electron chi connectivity index (χ3n) is 1.98. The largest absolute Gasteiger partial charge is 0.479 e. The molecular weight excluding hydrogens is 184 g/mol. The molecule has 14 heavy (non-hydrogen) atoms. The second-order valence-electron chi connectivity index (χ2n) is 2.85. The van der Waals surface area contributed by atoms with Gasteiger partial charge in [0.1, 0.15) is 0 Å². The standard InChI is InChI=1S/C9H6N2O3/c12-8-6-4-2-1-3-5(6)7(9(13)14)10-11-8/h1-4,7H,(H,13,14). The number of carbonyl (C=O) groups excluding carboxylic acids is 1. The van der Waals surface area contributed by atoms with Crippen molar-refractivity contribution in [2.45, 2.75) is 6.04 Å². The lowest BCUT2D eigenvalue weighted by molar-refractivity contribution is -0.138. The number of benzene rings is 1. The molecule has 1 aliphatic rings. The van der Waals surface area contributed by atoms with E-state index in [1.54, 1.807) is 24.3 Å². The minimum atomic E-state index is -1.10. The summed E-state index contributed by atoms with van der Waals surface area (Å²) in [7, 11) is 0. The summed E-state index contributed by atoms with van der Waals surface area (Å²) >= 11 is 0. The quantitative estimate of drug-likeness (QED) is 0.727. The van der Waals surface area contributed by atoms with Gasteiger partial charge < -0.3 is 5.11 Å². The van der Waals surface area contributed by atoms with Crippen molar-refractivity contribution < 1.29 is 14.7 Å². The number of carboxylic acids is 1. The van der Waals surface area contributed by atoms with Crippen LogP contribution in [0.25, 0.3) is 0 Å². The number of aliphatic carboxylic acids is 1. The Morgan fingerprint density at radius 3 is 2.79 bits per heavy atom. The van der Waals surface area contributed by atoms with Crippen LogP contribution in [0.4, 0.5) is 0 Å². The number of amides is 1. The molecule has 0 aromatic heterocycles. The lowest BCUT2D eigenvalue weighted by Crippen LogP contribution is -2.16. The zero-order chi connectivity index (χ0) is 10.1. The van der Waals surface area contributed by atoms with E-state index in [4.69, 9.17) is 5.11 Å². The lowest BCUT2D eigenvalue weighted by atomic mass is 9.99. The third kappa shape index (κ3) is 1.19. The SMILES string of the molecule is O=C1N=NC(C(=O)O)c2ccccc21. The van der Waals surface area contributed by atoms with Gasteiger partial charge in [0.05, 0.1) is 0 Å². The van der Waals surface area contributed by atoms with E-state index in [1.807, 2.05) is 0 Å². The molecule has 1 aliphatic heterocycles. The van der Waals surface area contributed by atoms with Gasteiger partial charge in [0.25, 0.3) is 5.91 Å². The molecule has 0 fully saturated rings. The molecule has 70 valence electrons. The predicted octanol–water partition coefficient (Wildman–Crippen LogP) is 1.42. The van der Waals surface area contributed by atoms with Gasteiger partial charge in [0.2, 0.25) is 0 Å². The Bertz CT molecular complexity index is 439. The molecule has 0 aliphatic carbocycles. The minimum absolute atomic E-state index is 0.315. The molecule has 1 amide bonds. The van der Waals surface area contributed by atoms with Gasteiger partial charge in [-0.15, -0.1) is 5.11 Å². The summed E-state index contributed by atoms with van der Waals surface area (Å²) in [5, 5.41) is 15.5. The highest BCUT2D eigenvalue weighted by Crippen LogP contribution is 2.26. The van der Waals surface area contributed by atoms with Crippen LogP contribution in [-0.2, 0) is 4.79 Å². The van der Waals surface area contributed by atoms with Gasteiger partial charge in [0.15, 0.2) is 6.04 Å². The van der Waals surface area contributed by atoms with Gasteiger partial charge in [0, 0.05) is 11.1 Å². The van der Waals surface area contributed by atoms with E-state index in [-0.39, 0.29) is 0 Å². The van der Waals surface area contributed by atoms with E-state index in [9.17, 15) is 9.59 Å². The zero-order valence-corrected chi connectivity index (χ0v) is 7.04. The highest BCUT2D eigenvalue weighted by molar-refractivity contribution is 5.98. The summed E-state index contributed by atoms with van der Waals surface area (Å²) in [6, 6.07) is 5.40. The van der Waals surface area contributed by atoms with Crippen LogP contribution in [0.2, 0.25) is 0 Å². The fourth-order valence-corrected chi connectivity index (χ4v) is 1.34. The second kappa shape index (κ2) is 3.02. The van der Waals surface area contributed by atoms with Gasteiger partial charge >= 0.3 is 5.97 Å². The Balaban J connectivity index is 2.58. The Morgan fingerprint density at radius 2 is 2.07 bits per heavy atom. The van der Waals surface area contributed by atoms with Crippen LogP contribution >= 0.6 is 0 Å². The number of nitrogens with zero attached hydrogens (tertiary/aromatic N) is 2. The molecule has 1 aromatic rings. The number of carbonyl (C=O) groups is 2. The molecule has 2 rings (SSSR count). The van der Waals surface area contributed by atoms with E-state index >= 15 is 0 Å². The van der Waals surface area contributed by atoms with Crippen molar-refractivity contribution in [3.63, 3.8) is 0 Å². The van der Waals surface area contributed by atoms with Crippen molar-refractivity contribution in [3.05, 3.63) is 35.4 Å². The monoisotopic (exact) mass is 190 g/mol. The predicted molar refractivity (Wildman–Crippen MR) is 46.0 cm³/mol. The van der Waals surface area contributed by atoms with Crippen molar-refractivity contribution >= 4 is 11.9 Å². The Hall–Kier alpha value is -2.04. The normalized spacial score (nSPS) is 19.1. The van der Waals surface area contributed by atoms with Crippen molar-refractivity contribution in [2.24, 2.45) is 10.2 Å². The van der Waals surface area contributed by atoms with Crippen LogP contribution in [0.3, 0.4) is 0 Å². The Labute approximate surface area is 79.1 Å². The molecule has 1 unspecified atom stereocenters. The topological polar surface area (TPSA) is 79.1 Å². The highest BCUT2D eigenvalue weighted by atomic mass is 16.4. The second-order valence-corrected chi connectivity index (χ2v) is 2.85. The molecule has 0 spiro atoms. The maximum absolute atomic E-state index is 11.2. The van der Waals surface area contributed by atoms with E-state index in [1.165, 1.54) is 0 Å². The molecule has 1 atom stereocenters. The highest BCUT2D eigenvalue weighted by Gasteiger charge is 2.28. The molecule has 0 saturated heterocycles. The number of rotatable bonds is 1.